The number of aryl methyl sites for hydroxylation is 1. The Morgan fingerprint density at radius 3 is 2.00 bits per heavy atom. The van der Waals surface area contributed by atoms with E-state index in [-0.39, 0.29) is 5.78 Å². The molecule has 1 heteroatoms. The summed E-state index contributed by atoms with van der Waals surface area (Å²) in [6, 6.07) is 17.2. The molecule has 0 aliphatic heterocycles. The molecule has 0 aromatic heterocycles. The van der Waals surface area contributed by atoms with Gasteiger partial charge in [-0.15, -0.1) is 0 Å². The number of rotatable bonds is 12. The SMILES string of the molecule is CCCCCc1ccc(CC(=O)c2ccc(C3CCC(CCCCC)CC3)cc2)cc1. The Bertz CT molecular complexity index is 763. The molecule has 2 aromatic carbocycles. The van der Waals surface area contributed by atoms with Crippen LogP contribution in [-0.2, 0) is 12.8 Å². The van der Waals surface area contributed by atoms with Gasteiger partial charge in [0.15, 0.2) is 5.78 Å². The van der Waals surface area contributed by atoms with Gasteiger partial charge in [-0.3, -0.25) is 4.79 Å². The van der Waals surface area contributed by atoms with Crippen molar-refractivity contribution in [3.63, 3.8) is 0 Å². The Kier molecular flexibility index (Phi) is 9.85. The number of ketones is 1. The molecule has 1 fully saturated rings. The minimum atomic E-state index is 0.227. The fourth-order valence-electron chi connectivity index (χ4n) is 5.10. The van der Waals surface area contributed by atoms with Gasteiger partial charge in [0.05, 0.1) is 0 Å². The van der Waals surface area contributed by atoms with Crippen LogP contribution in [-0.4, -0.2) is 5.78 Å². The quantitative estimate of drug-likeness (QED) is 0.249. The molecule has 0 radical (unpaired) electrons. The monoisotopic (exact) mass is 418 g/mol. The van der Waals surface area contributed by atoms with E-state index in [1.165, 1.54) is 81.8 Å². The van der Waals surface area contributed by atoms with Crippen molar-refractivity contribution < 1.29 is 4.79 Å². The van der Waals surface area contributed by atoms with Gasteiger partial charge in [0, 0.05) is 12.0 Å². The second-order valence-electron chi connectivity index (χ2n) is 9.71. The van der Waals surface area contributed by atoms with Crippen LogP contribution in [0.3, 0.4) is 0 Å². The van der Waals surface area contributed by atoms with Crippen LogP contribution in [0.5, 0.6) is 0 Å². The van der Waals surface area contributed by atoms with Crippen LogP contribution in [0, 0.1) is 5.92 Å². The van der Waals surface area contributed by atoms with Gasteiger partial charge in [0.2, 0.25) is 0 Å². The van der Waals surface area contributed by atoms with Crippen molar-refractivity contribution in [2.45, 2.75) is 103 Å². The molecule has 0 spiro atoms. The lowest BCUT2D eigenvalue weighted by atomic mass is 9.77. The number of unbranched alkanes of at least 4 members (excludes halogenated alkanes) is 4. The van der Waals surface area contributed by atoms with E-state index in [1.807, 2.05) is 0 Å². The molecule has 0 heterocycles. The van der Waals surface area contributed by atoms with Crippen LogP contribution in [0.4, 0.5) is 0 Å². The standard InChI is InChI=1S/C30H42O/c1-3-5-7-9-24-11-13-26(14-12-24)23-30(31)29-21-19-28(20-22-29)27-17-15-25(16-18-27)10-8-6-4-2/h11-14,19-22,25,27H,3-10,15-18,23H2,1-2H3. The zero-order valence-corrected chi connectivity index (χ0v) is 19.9. The largest absolute Gasteiger partial charge is 0.294 e. The first-order valence-electron chi connectivity index (χ1n) is 12.9. The molecule has 0 atom stereocenters. The number of hydrogen-bond acceptors (Lipinski definition) is 1. The van der Waals surface area contributed by atoms with Crippen LogP contribution < -0.4 is 0 Å². The molecule has 0 unspecified atom stereocenters. The summed E-state index contributed by atoms with van der Waals surface area (Å²) in [6.07, 6.45) is 16.4. The lowest BCUT2D eigenvalue weighted by molar-refractivity contribution is 0.0993. The molecule has 31 heavy (non-hydrogen) atoms. The highest BCUT2D eigenvalue weighted by molar-refractivity contribution is 5.97. The second-order valence-corrected chi connectivity index (χ2v) is 9.71. The van der Waals surface area contributed by atoms with Crippen molar-refractivity contribution in [1.29, 1.82) is 0 Å². The van der Waals surface area contributed by atoms with Crippen molar-refractivity contribution >= 4 is 5.78 Å². The van der Waals surface area contributed by atoms with Crippen molar-refractivity contribution in [2.24, 2.45) is 5.92 Å². The third-order valence-corrected chi connectivity index (χ3v) is 7.22. The van der Waals surface area contributed by atoms with Gasteiger partial charge < -0.3 is 0 Å². The van der Waals surface area contributed by atoms with E-state index in [1.54, 1.807) is 0 Å². The highest BCUT2D eigenvalue weighted by Crippen LogP contribution is 2.37. The van der Waals surface area contributed by atoms with Crippen LogP contribution in [0.2, 0.25) is 0 Å². The molecule has 3 rings (SSSR count). The van der Waals surface area contributed by atoms with Crippen LogP contribution in [0.25, 0.3) is 0 Å². The zero-order chi connectivity index (χ0) is 21.9. The zero-order valence-electron chi connectivity index (χ0n) is 19.9. The van der Waals surface area contributed by atoms with Gasteiger partial charge in [-0.1, -0.05) is 101 Å². The Hall–Kier alpha value is -1.89. The Labute approximate surface area is 190 Å². The van der Waals surface area contributed by atoms with Crippen molar-refractivity contribution in [3.05, 3.63) is 70.8 Å². The van der Waals surface area contributed by atoms with E-state index in [2.05, 4.69) is 62.4 Å². The first kappa shape index (κ1) is 23.8. The van der Waals surface area contributed by atoms with Gasteiger partial charge >= 0.3 is 0 Å². The van der Waals surface area contributed by atoms with Gasteiger partial charge in [0.1, 0.15) is 0 Å². The summed E-state index contributed by atoms with van der Waals surface area (Å²) in [6.45, 7) is 4.53. The summed E-state index contributed by atoms with van der Waals surface area (Å²) in [7, 11) is 0. The molecule has 0 amide bonds. The maximum Gasteiger partial charge on any atom is 0.167 e. The molecule has 2 aromatic rings. The maximum absolute atomic E-state index is 12.8. The minimum absolute atomic E-state index is 0.227. The number of Topliss-reactive ketones (excluding diaryl/α,β-unsaturated/α-hetero) is 1. The van der Waals surface area contributed by atoms with Crippen LogP contribution in [0.1, 0.15) is 117 Å². The summed E-state index contributed by atoms with van der Waals surface area (Å²) < 4.78 is 0. The summed E-state index contributed by atoms with van der Waals surface area (Å²) in [5.74, 6) is 1.86. The predicted octanol–water partition coefficient (Wildman–Crippen LogP) is 8.70. The molecule has 168 valence electrons. The first-order valence-corrected chi connectivity index (χ1v) is 12.9. The van der Waals surface area contributed by atoms with E-state index in [0.717, 1.165) is 23.5 Å². The third kappa shape index (κ3) is 7.63. The van der Waals surface area contributed by atoms with E-state index in [4.69, 9.17) is 0 Å². The molecule has 1 nitrogen and oxygen atoms in total. The van der Waals surface area contributed by atoms with E-state index in [0.29, 0.717) is 12.3 Å². The maximum atomic E-state index is 12.8. The van der Waals surface area contributed by atoms with Crippen molar-refractivity contribution in [2.75, 3.05) is 0 Å². The molecular formula is C30H42O. The minimum Gasteiger partial charge on any atom is -0.294 e. The van der Waals surface area contributed by atoms with Gasteiger partial charge in [0.25, 0.3) is 0 Å². The Morgan fingerprint density at radius 2 is 1.35 bits per heavy atom. The van der Waals surface area contributed by atoms with Crippen LogP contribution >= 0.6 is 0 Å². The molecule has 1 aliphatic carbocycles. The highest BCUT2D eigenvalue weighted by atomic mass is 16.1. The fraction of sp³-hybridized carbons (Fsp3) is 0.567. The summed E-state index contributed by atoms with van der Waals surface area (Å²) in [4.78, 5) is 12.8. The lowest BCUT2D eigenvalue weighted by Crippen LogP contribution is -2.13. The summed E-state index contributed by atoms with van der Waals surface area (Å²) in [5.41, 5.74) is 4.79. The number of carbonyl (C=O) groups excluding carboxylic acids is 1. The van der Waals surface area contributed by atoms with Crippen molar-refractivity contribution in [3.8, 4) is 0 Å². The molecule has 1 aliphatic rings. The first-order chi connectivity index (χ1) is 15.2. The van der Waals surface area contributed by atoms with Crippen LogP contribution in [0.15, 0.2) is 48.5 Å². The Balaban J connectivity index is 1.47. The fourth-order valence-corrected chi connectivity index (χ4v) is 5.10. The van der Waals surface area contributed by atoms with Gasteiger partial charge in [-0.05, 0) is 67.1 Å². The van der Waals surface area contributed by atoms with Crippen molar-refractivity contribution in [1.82, 2.24) is 0 Å². The molecule has 0 bridgehead atoms. The number of hydrogen-bond donors (Lipinski definition) is 0. The summed E-state index contributed by atoms with van der Waals surface area (Å²) in [5, 5.41) is 0. The molecule has 0 saturated heterocycles. The normalized spacial score (nSPS) is 18.8. The van der Waals surface area contributed by atoms with E-state index >= 15 is 0 Å². The number of benzene rings is 2. The Morgan fingerprint density at radius 1 is 0.742 bits per heavy atom. The third-order valence-electron chi connectivity index (χ3n) is 7.22. The highest BCUT2D eigenvalue weighted by Gasteiger charge is 2.22. The van der Waals surface area contributed by atoms with E-state index in [9.17, 15) is 4.79 Å². The average Bonchev–Trinajstić information content (AvgIpc) is 2.81. The summed E-state index contributed by atoms with van der Waals surface area (Å²) >= 11 is 0. The average molecular weight is 419 g/mol. The second kappa shape index (κ2) is 12.8. The van der Waals surface area contributed by atoms with Gasteiger partial charge in [-0.2, -0.15) is 0 Å². The van der Waals surface area contributed by atoms with E-state index < -0.39 is 0 Å². The smallest absolute Gasteiger partial charge is 0.167 e. The topological polar surface area (TPSA) is 17.1 Å². The molecule has 1 saturated carbocycles. The molecular weight excluding hydrogens is 376 g/mol. The predicted molar refractivity (Wildman–Crippen MR) is 133 cm³/mol. The lowest BCUT2D eigenvalue weighted by Gasteiger charge is -2.29. The molecule has 0 N–H and O–H groups in total. The number of carbonyl (C=O) groups is 1. The van der Waals surface area contributed by atoms with Gasteiger partial charge in [-0.25, -0.2) is 0 Å².